The average Bonchev–Trinajstić information content (AvgIpc) is 2.73. The van der Waals surface area contributed by atoms with Crippen LogP contribution in [-0.2, 0) is 9.53 Å². The Morgan fingerprint density at radius 3 is 2.86 bits per heavy atom. The molecule has 8 heteroatoms. The molecule has 146 valence electrons. The number of allylic oxidation sites excluding steroid dienone is 1. The summed E-state index contributed by atoms with van der Waals surface area (Å²) in [6.07, 6.45) is 5.15. The van der Waals surface area contributed by atoms with Crippen LogP contribution in [-0.4, -0.2) is 55.0 Å². The third kappa shape index (κ3) is 6.17. The molecule has 0 saturated carbocycles. The van der Waals surface area contributed by atoms with Crippen LogP contribution in [0.2, 0.25) is 0 Å². The number of carbonyl (C=O) groups is 1. The van der Waals surface area contributed by atoms with Gasteiger partial charge in [0, 0.05) is 31.1 Å². The van der Waals surface area contributed by atoms with Crippen LogP contribution in [0.3, 0.4) is 0 Å². The number of rotatable bonds is 7. The number of nitrogens with one attached hydrogen (secondary N) is 1. The summed E-state index contributed by atoms with van der Waals surface area (Å²) in [5.41, 5.74) is 4.24. The molecular formula is C20H23N5O3. The molecule has 0 bridgehead atoms. The van der Waals surface area contributed by atoms with Gasteiger partial charge >= 0.3 is 0 Å². The Morgan fingerprint density at radius 1 is 1.29 bits per heavy atom. The number of hydrogen-bond acceptors (Lipinski definition) is 7. The van der Waals surface area contributed by atoms with Crippen molar-refractivity contribution in [2.24, 2.45) is 5.10 Å². The number of nitrogens with zero attached hydrogens (tertiary/aromatic N) is 4. The molecule has 1 aliphatic heterocycles. The van der Waals surface area contributed by atoms with Gasteiger partial charge in [-0.15, -0.1) is 0 Å². The predicted molar refractivity (Wildman–Crippen MR) is 107 cm³/mol. The molecule has 28 heavy (non-hydrogen) atoms. The summed E-state index contributed by atoms with van der Waals surface area (Å²) in [6, 6.07) is 11.5. The Morgan fingerprint density at radius 2 is 2.07 bits per heavy atom. The van der Waals surface area contributed by atoms with Gasteiger partial charge in [-0.1, -0.05) is 36.4 Å². The zero-order chi connectivity index (χ0) is 19.6. The molecule has 2 heterocycles. The second-order valence-electron chi connectivity index (χ2n) is 6.12. The van der Waals surface area contributed by atoms with E-state index in [2.05, 4.69) is 20.5 Å². The molecule has 1 amide bonds. The normalized spacial score (nSPS) is 14.5. The zero-order valence-electron chi connectivity index (χ0n) is 15.7. The van der Waals surface area contributed by atoms with Crippen molar-refractivity contribution in [1.82, 2.24) is 15.4 Å². The SMILES string of the molecule is Cc1cc(OCC(=O)NN=CC=Cc2ccccc2)nc(N2CCOCC2)n1. The molecule has 2 aromatic rings. The molecule has 0 atom stereocenters. The minimum atomic E-state index is -0.367. The number of aromatic nitrogens is 2. The molecule has 1 aromatic carbocycles. The molecule has 0 unspecified atom stereocenters. The lowest BCUT2D eigenvalue weighted by molar-refractivity contribution is -0.123. The van der Waals surface area contributed by atoms with E-state index < -0.39 is 0 Å². The maximum atomic E-state index is 11.9. The maximum Gasteiger partial charge on any atom is 0.278 e. The molecule has 1 saturated heterocycles. The van der Waals surface area contributed by atoms with E-state index in [1.807, 2.05) is 48.2 Å². The second-order valence-corrected chi connectivity index (χ2v) is 6.12. The first kappa shape index (κ1) is 19.5. The minimum absolute atomic E-state index is 0.182. The van der Waals surface area contributed by atoms with E-state index in [-0.39, 0.29) is 12.5 Å². The lowest BCUT2D eigenvalue weighted by Crippen LogP contribution is -2.37. The van der Waals surface area contributed by atoms with Gasteiger partial charge in [-0.2, -0.15) is 10.1 Å². The summed E-state index contributed by atoms with van der Waals surface area (Å²) in [5.74, 6) is 0.577. The number of aryl methyl sites for hydroxylation is 1. The number of anilines is 1. The number of hydrogen-bond donors (Lipinski definition) is 1. The summed E-state index contributed by atoms with van der Waals surface area (Å²) in [6.45, 7) is 4.43. The fraction of sp³-hybridized carbons (Fsp3) is 0.300. The van der Waals surface area contributed by atoms with Crippen LogP contribution in [0.1, 0.15) is 11.3 Å². The molecule has 0 aliphatic carbocycles. The maximum absolute atomic E-state index is 11.9. The van der Waals surface area contributed by atoms with Crippen molar-refractivity contribution < 1.29 is 14.3 Å². The summed E-state index contributed by atoms with van der Waals surface area (Å²) < 4.78 is 10.8. The Bertz CT molecular complexity index is 833. The Hall–Kier alpha value is -3.26. The number of hydrazone groups is 1. The first-order valence-corrected chi connectivity index (χ1v) is 9.05. The van der Waals surface area contributed by atoms with Crippen molar-refractivity contribution in [2.75, 3.05) is 37.8 Å². The molecule has 0 radical (unpaired) electrons. The summed E-state index contributed by atoms with van der Waals surface area (Å²) in [4.78, 5) is 22.7. The van der Waals surface area contributed by atoms with E-state index in [1.54, 1.807) is 12.1 Å². The minimum Gasteiger partial charge on any atom is -0.467 e. The zero-order valence-corrected chi connectivity index (χ0v) is 15.7. The van der Waals surface area contributed by atoms with Crippen LogP contribution in [0.5, 0.6) is 5.88 Å². The largest absolute Gasteiger partial charge is 0.467 e. The van der Waals surface area contributed by atoms with Crippen LogP contribution in [0.25, 0.3) is 6.08 Å². The van der Waals surface area contributed by atoms with Gasteiger partial charge in [0.2, 0.25) is 11.8 Å². The number of ether oxygens (including phenoxy) is 2. The number of carbonyl (C=O) groups excluding carboxylic acids is 1. The van der Waals surface area contributed by atoms with Crippen molar-refractivity contribution in [3.63, 3.8) is 0 Å². The lowest BCUT2D eigenvalue weighted by atomic mass is 10.2. The number of benzene rings is 1. The number of amides is 1. The van der Waals surface area contributed by atoms with Gasteiger partial charge < -0.3 is 14.4 Å². The van der Waals surface area contributed by atoms with Crippen LogP contribution < -0.4 is 15.1 Å². The molecule has 8 nitrogen and oxygen atoms in total. The van der Waals surface area contributed by atoms with Gasteiger partial charge in [0.25, 0.3) is 5.91 Å². The van der Waals surface area contributed by atoms with Crippen molar-refractivity contribution in [1.29, 1.82) is 0 Å². The van der Waals surface area contributed by atoms with Crippen LogP contribution in [0, 0.1) is 6.92 Å². The molecule has 1 N–H and O–H groups in total. The molecule has 1 fully saturated rings. The second kappa shape index (κ2) is 10.2. The topological polar surface area (TPSA) is 88.9 Å². The van der Waals surface area contributed by atoms with Crippen molar-refractivity contribution in [2.45, 2.75) is 6.92 Å². The van der Waals surface area contributed by atoms with Crippen LogP contribution in [0.4, 0.5) is 5.95 Å². The molecule has 1 aliphatic rings. The fourth-order valence-electron chi connectivity index (χ4n) is 2.55. The molecule has 0 spiro atoms. The van der Waals surface area contributed by atoms with Gasteiger partial charge in [0.05, 0.1) is 13.2 Å². The monoisotopic (exact) mass is 381 g/mol. The highest BCUT2D eigenvalue weighted by atomic mass is 16.5. The van der Waals surface area contributed by atoms with Gasteiger partial charge in [-0.3, -0.25) is 4.79 Å². The van der Waals surface area contributed by atoms with Gasteiger partial charge in [0.15, 0.2) is 6.61 Å². The average molecular weight is 381 g/mol. The van der Waals surface area contributed by atoms with E-state index in [0.29, 0.717) is 25.0 Å². The first-order valence-electron chi connectivity index (χ1n) is 9.05. The Balaban J connectivity index is 1.47. The molecule has 1 aromatic heterocycles. The van der Waals surface area contributed by atoms with Crippen LogP contribution >= 0.6 is 0 Å². The van der Waals surface area contributed by atoms with Crippen molar-refractivity contribution >= 4 is 24.1 Å². The summed E-state index contributed by atoms with van der Waals surface area (Å²) in [7, 11) is 0. The highest BCUT2D eigenvalue weighted by Crippen LogP contribution is 2.16. The summed E-state index contributed by atoms with van der Waals surface area (Å²) >= 11 is 0. The molecule has 3 rings (SSSR count). The Labute approximate surface area is 163 Å². The lowest BCUT2D eigenvalue weighted by Gasteiger charge is -2.27. The van der Waals surface area contributed by atoms with E-state index >= 15 is 0 Å². The van der Waals surface area contributed by atoms with Gasteiger partial charge in [-0.05, 0) is 18.6 Å². The summed E-state index contributed by atoms with van der Waals surface area (Å²) in [5, 5.41) is 3.86. The fourth-order valence-corrected chi connectivity index (χ4v) is 2.55. The number of morpholine rings is 1. The van der Waals surface area contributed by atoms with Gasteiger partial charge in [-0.25, -0.2) is 10.4 Å². The smallest absolute Gasteiger partial charge is 0.278 e. The highest BCUT2D eigenvalue weighted by molar-refractivity contribution is 5.81. The van der Waals surface area contributed by atoms with E-state index in [0.717, 1.165) is 24.3 Å². The Kier molecular flexibility index (Phi) is 7.08. The van der Waals surface area contributed by atoms with Crippen LogP contribution in [0.15, 0.2) is 47.6 Å². The highest BCUT2D eigenvalue weighted by Gasteiger charge is 2.15. The van der Waals surface area contributed by atoms with E-state index in [4.69, 9.17) is 9.47 Å². The van der Waals surface area contributed by atoms with Crippen molar-refractivity contribution in [3.05, 3.63) is 53.7 Å². The standard InChI is InChI=1S/C20H23N5O3/c1-16-14-19(23-20(22-16)25-10-12-27-13-11-25)28-15-18(26)24-21-9-5-8-17-6-3-2-4-7-17/h2-9,14H,10-13,15H2,1H3,(H,24,26). The first-order chi connectivity index (χ1) is 13.7. The van der Waals surface area contributed by atoms with E-state index in [1.165, 1.54) is 6.21 Å². The third-order valence-corrected chi connectivity index (χ3v) is 3.90. The van der Waals surface area contributed by atoms with Crippen molar-refractivity contribution in [3.8, 4) is 5.88 Å². The predicted octanol–water partition coefficient (Wildman–Crippen LogP) is 1.82. The van der Waals surface area contributed by atoms with Gasteiger partial charge in [0.1, 0.15) is 0 Å². The third-order valence-electron chi connectivity index (χ3n) is 3.90. The quantitative estimate of drug-likeness (QED) is 0.581. The molecular weight excluding hydrogens is 358 g/mol. The van der Waals surface area contributed by atoms with E-state index in [9.17, 15) is 4.79 Å².